The number of hydrogen-bond donors (Lipinski definition) is 0. The summed E-state index contributed by atoms with van der Waals surface area (Å²) < 4.78 is 18.1. The molecule has 0 unspecified atom stereocenters. The highest BCUT2D eigenvalue weighted by Crippen LogP contribution is 2.26. The van der Waals surface area contributed by atoms with Gasteiger partial charge >= 0.3 is 5.97 Å². The number of thiazole rings is 1. The average molecular weight is 381 g/mol. The van der Waals surface area contributed by atoms with Gasteiger partial charge in [-0.25, -0.2) is 14.2 Å². The van der Waals surface area contributed by atoms with Gasteiger partial charge in [0.25, 0.3) is 0 Å². The van der Waals surface area contributed by atoms with Crippen LogP contribution in [0.15, 0.2) is 60.0 Å². The number of nitrogens with zero attached hydrogens (tertiary/aromatic N) is 1. The van der Waals surface area contributed by atoms with Gasteiger partial charge in [-0.05, 0) is 35.3 Å². The van der Waals surface area contributed by atoms with Crippen LogP contribution in [0.2, 0.25) is 0 Å². The molecule has 0 amide bonds. The highest BCUT2D eigenvalue weighted by molar-refractivity contribution is 7.13. The molecule has 0 aliphatic rings. The topological polar surface area (TPSA) is 39.2 Å². The van der Waals surface area contributed by atoms with E-state index in [2.05, 4.69) is 43.1 Å². The van der Waals surface area contributed by atoms with Gasteiger partial charge in [0.1, 0.15) is 17.4 Å². The smallest absolute Gasteiger partial charge is 0.331 e. The second-order valence-corrected chi connectivity index (χ2v) is 7.27. The third kappa shape index (κ3) is 5.34. The first-order chi connectivity index (χ1) is 13.0. The zero-order valence-electron chi connectivity index (χ0n) is 15.2. The van der Waals surface area contributed by atoms with E-state index in [-0.39, 0.29) is 12.4 Å². The first kappa shape index (κ1) is 19.0. The van der Waals surface area contributed by atoms with Crippen LogP contribution in [0.25, 0.3) is 16.6 Å². The van der Waals surface area contributed by atoms with Crippen molar-refractivity contribution >= 4 is 23.4 Å². The van der Waals surface area contributed by atoms with Crippen molar-refractivity contribution in [3.63, 3.8) is 0 Å². The molecular weight excluding hydrogens is 361 g/mol. The molecule has 3 rings (SSSR count). The third-order valence-corrected chi connectivity index (χ3v) is 4.96. The van der Waals surface area contributed by atoms with Crippen molar-refractivity contribution in [3.05, 3.63) is 82.6 Å². The van der Waals surface area contributed by atoms with Crippen LogP contribution in [0.1, 0.15) is 36.6 Å². The lowest BCUT2D eigenvalue weighted by Gasteiger charge is -2.05. The number of aromatic nitrogens is 1. The molecule has 0 saturated heterocycles. The van der Waals surface area contributed by atoms with E-state index in [4.69, 9.17) is 4.74 Å². The Kier molecular flexibility index (Phi) is 6.14. The van der Waals surface area contributed by atoms with E-state index in [1.54, 1.807) is 18.2 Å². The number of rotatable bonds is 6. The monoisotopic (exact) mass is 381 g/mol. The van der Waals surface area contributed by atoms with Crippen LogP contribution in [0.3, 0.4) is 0 Å². The van der Waals surface area contributed by atoms with Crippen molar-refractivity contribution in [1.29, 1.82) is 0 Å². The van der Waals surface area contributed by atoms with Crippen LogP contribution in [-0.4, -0.2) is 11.0 Å². The van der Waals surface area contributed by atoms with Crippen LogP contribution in [0.5, 0.6) is 0 Å². The van der Waals surface area contributed by atoms with E-state index < -0.39 is 5.97 Å². The van der Waals surface area contributed by atoms with E-state index in [0.29, 0.717) is 11.6 Å². The predicted molar refractivity (Wildman–Crippen MR) is 107 cm³/mol. The standard InChI is InChI=1S/C22H20FNO2S/c1-15(2)17-6-8-18(9-7-17)22-24-20(14-27-22)13-26-21(25)12-5-16-3-10-19(23)11-4-16/h3-12,14-15H,13H2,1-2H3/b12-5+. The lowest BCUT2D eigenvalue weighted by Crippen LogP contribution is -2.01. The molecule has 0 bridgehead atoms. The van der Waals surface area contributed by atoms with Crippen molar-refractivity contribution in [2.75, 3.05) is 0 Å². The molecule has 0 aliphatic heterocycles. The van der Waals surface area contributed by atoms with Crippen LogP contribution in [-0.2, 0) is 16.1 Å². The van der Waals surface area contributed by atoms with Gasteiger partial charge in [0.2, 0.25) is 0 Å². The molecule has 27 heavy (non-hydrogen) atoms. The average Bonchev–Trinajstić information content (AvgIpc) is 3.15. The maximum absolute atomic E-state index is 12.9. The van der Waals surface area contributed by atoms with Gasteiger partial charge in [0, 0.05) is 17.0 Å². The number of carbonyl (C=O) groups is 1. The van der Waals surface area contributed by atoms with Crippen LogP contribution >= 0.6 is 11.3 Å². The Morgan fingerprint density at radius 3 is 2.52 bits per heavy atom. The molecule has 0 fully saturated rings. The molecule has 0 saturated carbocycles. The number of esters is 1. The van der Waals surface area contributed by atoms with E-state index in [1.807, 2.05) is 5.38 Å². The molecule has 2 aromatic carbocycles. The third-order valence-electron chi connectivity index (χ3n) is 4.02. The summed E-state index contributed by atoms with van der Waals surface area (Å²) in [6, 6.07) is 14.2. The lowest BCUT2D eigenvalue weighted by atomic mass is 10.0. The molecule has 138 valence electrons. The number of ether oxygens (including phenoxy) is 1. The van der Waals surface area contributed by atoms with Gasteiger partial charge in [0.15, 0.2) is 0 Å². The highest BCUT2D eigenvalue weighted by Gasteiger charge is 2.07. The summed E-state index contributed by atoms with van der Waals surface area (Å²) >= 11 is 1.52. The zero-order chi connectivity index (χ0) is 19.2. The van der Waals surface area contributed by atoms with Crippen LogP contribution in [0.4, 0.5) is 4.39 Å². The molecule has 0 radical (unpaired) electrons. The van der Waals surface area contributed by atoms with Gasteiger partial charge in [0.05, 0.1) is 5.69 Å². The summed E-state index contributed by atoms with van der Waals surface area (Å²) in [6.45, 7) is 4.44. The molecule has 5 heteroatoms. The molecule has 0 atom stereocenters. The Hall–Kier alpha value is -2.79. The fourth-order valence-corrected chi connectivity index (χ4v) is 3.26. The van der Waals surface area contributed by atoms with E-state index in [0.717, 1.165) is 16.1 Å². The molecular formula is C22H20FNO2S. The van der Waals surface area contributed by atoms with Crippen molar-refractivity contribution in [1.82, 2.24) is 4.98 Å². The Morgan fingerprint density at radius 2 is 1.85 bits per heavy atom. The number of benzene rings is 2. The molecule has 0 aliphatic carbocycles. The normalized spacial score (nSPS) is 11.3. The summed E-state index contributed by atoms with van der Waals surface area (Å²) in [5.41, 5.74) is 3.79. The minimum absolute atomic E-state index is 0.118. The summed E-state index contributed by atoms with van der Waals surface area (Å²) in [4.78, 5) is 16.4. The molecule has 1 aromatic heterocycles. The molecule has 1 heterocycles. The molecule has 0 N–H and O–H groups in total. The molecule has 3 aromatic rings. The Labute approximate surface area is 162 Å². The SMILES string of the molecule is CC(C)c1ccc(-c2nc(COC(=O)/C=C/c3ccc(F)cc3)cs2)cc1. The highest BCUT2D eigenvalue weighted by atomic mass is 32.1. The predicted octanol–water partition coefficient (Wildman–Crippen LogP) is 5.83. The Morgan fingerprint density at radius 1 is 1.15 bits per heavy atom. The zero-order valence-corrected chi connectivity index (χ0v) is 16.0. The Bertz CT molecular complexity index is 928. The van der Waals surface area contributed by atoms with Gasteiger partial charge in [-0.3, -0.25) is 0 Å². The van der Waals surface area contributed by atoms with E-state index >= 15 is 0 Å². The number of hydrogen-bond acceptors (Lipinski definition) is 4. The summed E-state index contributed by atoms with van der Waals surface area (Å²) in [6.07, 6.45) is 2.91. The van der Waals surface area contributed by atoms with Crippen molar-refractivity contribution in [3.8, 4) is 10.6 Å². The lowest BCUT2D eigenvalue weighted by molar-refractivity contribution is -0.139. The molecule has 3 nitrogen and oxygen atoms in total. The van der Waals surface area contributed by atoms with Crippen LogP contribution < -0.4 is 0 Å². The van der Waals surface area contributed by atoms with Crippen LogP contribution in [0, 0.1) is 5.82 Å². The maximum Gasteiger partial charge on any atom is 0.331 e. The maximum atomic E-state index is 12.9. The van der Waals surface area contributed by atoms with E-state index in [9.17, 15) is 9.18 Å². The number of halogens is 1. The Balaban J connectivity index is 1.56. The first-order valence-corrected chi connectivity index (χ1v) is 9.54. The quantitative estimate of drug-likeness (QED) is 0.398. The largest absolute Gasteiger partial charge is 0.456 e. The van der Waals surface area contributed by atoms with Crippen molar-refractivity contribution in [2.24, 2.45) is 0 Å². The van der Waals surface area contributed by atoms with Gasteiger partial charge in [-0.15, -0.1) is 11.3 Å². The first-order valence-electron chi connectivity index (χ1n) is 8.66. The second kappa shape index (κ2) is 8.73. The minimum Gasteiger partial charge on any atom is -0.456 e. The van der Waals surface area contributed by atoms with Gasteiger partial charge in [-0.1, -0.05) is 50.2 Å². The summed E-state index contributed by atoms with van der Waals surface area (Å²) in [5.74, 6) is -0.281. The second-order valence-electron chi connectivity index (χ2n) is 6.41. The summed E-state index contributed by atoms with van der Waals surface area (Å²) in [7, 11) is 0. The summed E-state index contributed by atoms with van der Waals surface area (Å²) in [5, 5.41) is 2.79. The number of carbonyl (C=O) groups excluding carboxylic acids is 1. The van der Waals surface area contributed by atoms with E-state index in [1.165, 1.54) is 35.1 Å². The van der Waals surface area contributed by atoms with Crippen molar-refractivity contribution in [2.45, 2.75) is 26.4 Å². The van der Waals surface area contributed by atoms with Gasteiger partial charge < -0.3 is 4.74 Å². The fourth-order valence-electron chi connectivity index (χ4n) is 2.45. The minimum atomic E-state index is -0.463. The van der Waals surface area contributed by atoms with Gasteiger partial charge in [-0.2, -0.15) is 0 Å². The van der Waals surface area contributed by atoms with Crippen molar-refractivity contribution < 1.29 is 13.9 Å². The fraction of sp³-hybridized carbons (Fsp3) is 0.182. The molecule has 0 spiro atoms.